The minimum absolute atomic E-state index is 0.0747. The molecule has 1 heterocycles. The maximum Gasteiger partial charge on any atom is 0.0963 e. The first-order valence-electron chi connectivity index (χ1n) is 6.18. The van der Waals surface area contributed by atoms with E-state index in [2.05, 4.69) is 69.3 Å². The molecule has 0 spiro atoms. The monoisotopic (exact) mass is 230 g/mol. The Bertz CT molecular complexity index is 536. The van der Waals surface area contributed by atoms with E-state index in [1.165, 1.54) is 11.1 Å². The van der Waals surface area contributed by atoms with E-state index in [4.69, 9.17) is 0 Å². The summed E-state index contributed by atoms with van der Waals surface area (Å²) < 4.78 is 2.25. The fourth-order valence-electron chi connectivity index (χ4n) is 2.18. The lowest BCUT2D eigenvalue weighted by molar-refractivity contribution is 0.408. The molecule has 1 aromatic heterocycles. The van der Waals surface area contributed by atoms with Crippen molar-refractivity contribution in [1.82, 2.24) is 9.55 Å². The Hall–Kier alpha value is -1.31. The van der Waals surface area contributed by atoms with Crippen molar-refractivity contribution in [3.05, 3.63) is 30.1 Å². The van der Waals surface area contributed by atoms with Crippen LogP contribution >= 0.6 is 0 Å². The average molecular weight is 230 g/mol. The summed E-state index contributed by atoms with van der Waals surface area (Å²) >= 11 is 0. The van der Waals surface area contributed by atoms with Gasteiger partial charge in [0.2, 0.25) is 0 Å². The van der Waals surface area contributed by atoms with Gasteiger partial charge in [0.05, 0.1) is 17.4 Å². The molecular formula is C15H22N2. The van der Waals surface area contributed by atoms with E-state index in [9.17, 15) is 0 Å². The second-order valence-electron chi connectivity index (χ2n) is 6.71. The summed E-state index contributed by atoms with van der Waals surface area (Å²) in [5.41, 5.74) is 3.89. The van der Waals surface area contributed by atoms with Crippen molar-refractivity contribution in [1.29, 1.82) is 0 Å². The van der Waals surface area contributed by atoms with E-state index in [0.717, 1.165) is 5.52 Å². The molecule has 0 aliphatic heterocycles. The van der Waals surface area contributed by atoms with Gasteiger partial charge in [-0.1, -0.05) is 32.9 Å². The van der Waals surface area contributed by atoms with Crippen molar-refractivity contribution >= 4 is 11.0 Å². The molecule has 2 aromatic rings. The van der Waals surface area contributed by atoms with Crippen molar-refractivity contribution in [2.45, 2.75) is 52.5 Å². The molecule has 0 aliphatic carbocycles. The Balaban J connectivity index is 2.74. The second kappa shape index (κ2) is 3.59. The minimum Gasteiger partial charge on any atom is -0.325 e. The maximum absolute atomic E-state index is 4.61. The number of hydrogen-bond acceptors (Lipinski definition) is 1. The van der Waals surface area contributed by atoms with Crippen LogP contribution in [-0.4, -0.2) is 9.55 Å². The topological polar surface area (TPSA) is 17.8 Å². The van der Waals surface area contributed by atoms with Crippen LogP contribution in [0.25, 0.3) is 11.0 Å². The summed E-state index contributed by atoms with van der Waals surface area (Å²) in [7, 11) is 0. The molecular weight excluding hydrogens is 208 g/mol. The van der Waals surface area contributed by atoms with Gasteiger partial charge >= 0.3 is 0 Å². The second-order valence-corrected chi connectivity index (χ2v) is 6.71. The number of hydrogen-bond donors (Lipinski definition) is 0. The van der Waals surface area contributed by atoms with Crippen molar-refractivity contribution in [2.75, 3.05) is 0 Å². The number of nitrogens with zero attached hydrogens (tertiary/aromatic N) is 2. The Morgan fingerprint density at radius 1 is 1.00 bits per heavy atom. The standard InChI is InChI=1S/C15H22N2/c1-14(2,3)11-8-7-9-12-13(11)16-10-17(12)15(4,5)6/h7-10H,1-6H3. The van der Waals surface area contributed by atoms with Crippen LogP contribution in [-0.2, 0) is 11.0 Å². The Morgan fingerprint density at radius 3 is 2.18 bits per heavy atom. The lowest BCUT2D eigenvalue weighted by Crippen LogP contribution is -2.20. The van der Waals surface area contributed by atoms with E-state index in [1.54, 1.807) is 0 Å². The van der Waals surface area contributed by atoms with Crippen LogP contribution < -0.4 is 0 Å². The van der Waals surface area contributed by atoms with Crippen molar-refractivity contribution in [2.24, 2.45) is 0 Å². The van der Waals surface area contributed by atoms with Gasteiger partial charge in [0.1, 0.15) is 0 Å². The van der Waals surface area contributed by atoms with Crippen LogP contribution in [0.5, 0.6) is 0 Å². The highest BCUT2D eigenvalue weighted by molar-refractivity contribution is 5.80. The smallest absolute Gasteiger partial charge is 0.0963 e. The number of benzene rings is 1. The molecule has 17 heavy (non-hydrogen) atoms. The highest BCUT2D eigenvalue weighted by Gasteiger charge is 2.21. The van der Waals surface area contributed by atoms with Crippen LogP contribution in [0.3, 0.4) is 0 Å². The van der Waals surface area contributed by atoms with Gasteiger partial charge in [0.25, 0.3) is 0 Å². The predicted molar refractivity (Wildman–Crippen MR) is 73.4 cm³/mol. The van der Waals surface area contributed by atoms with Crippen molar-refractivity contribution in [3.63, 3.8) is 0 Å². The van der Waals surface area contributed by atoms with E-state index >= 15 is 0 Å². The zero-order valence-corrected chi connectivity index (χ0v) is 11.7. The van der Waals surface area contributed by atoms with Crippen LogP contribution in [0.15, 0.2) is 24.5 Å². The minimum atomic E-state index is 0.0747. The maximum atomic E-state index is 4.61. The molecule has 0 N–H and O–H groups in total. The molecule has 2 nitrogen and oxygen atoms in total. The molecule has 0 saturated carbocycles. The van der Waals surface area contributed by atoms with Gasteiger partial charge in [0.15, 0.2) is 0 Å². The zero-order valence-electron chi connectivity index (χ0n) is 11.7. The van der Waals surface area contributed by atoms with Crippen LogP contribution in [0.2, 0.25) is 0 Å². The van der Waals surface area contributed by atoms with Gasteiger partial charge in [-0.3, -0.25) is 0 Å². The molecule has 0 unspecified atom stereocenters. The Morgan fingerprint density at radius 2 is 1.65 bits per heavy atom. The van der Waals surface area contributed by atoms with Gasteiger partial charge in [-0.05, 0) is 37.8 Å². The van der Waals surface area contributed by atoms with Gasteiger partial charge in [-0.15, -0.1) is 0 Å². The highest BCUT2D eigenvalue weighted by atomic mass is 15.1. The van der Waals surface area contributed by atoms with Gasteiger partial charge in [-0.25, -0.2) is 4.98 Å². The first-order chi connectivity index (χ1) is 7.71. The third-order valence-corrected chi connectivity index (χ3v) is 3.11. The van der Waals surface area contributed by atoms with E-state index in [0.29, 0.717) is 0 Å². The van der Waals surface area contributed by atoms with Crippen LogP contribution in [0, 0.1) is 0 Å². The molecule has 0 bridgehead atoms. The van der Waals surface area contributed by atoms with Crippen LogP contribution in [0.1, 0.15) is 47.1 Å². The molecule has 0 aliphatic rings. The largest absolute Gasteiger partial charge is 0.325 e. The summed E-state index contributed by atoms with van der Waals surface area (Å²) in [5, 5.41) is 0. The first-order valence-corrected chi connectivity index (χ1v) is 6.18. The quantitative estimate of drug-likeness (QED) is 0.666. The summed E-state index contributed by atoms with van der Waals surface area (Å²) in [5.74, 6) is 0. The fraction of sp³-hybridized carbons (Fsp3) is 0.533. The Labute approximate surface area is 104 Å². The molecule has 2 rings (SSSR count). The third-order valence-electron chi connectivity index (χ3n) is 3.11. The van der Waals surface area contributed by atoms with E-state index < -0.39 is 0 Å². The average Bonchev–Trinajstić information content (AvgIpc) is 2.57. The van der Waals surface area contributed by atoms with Gasteiger partial charge < -0.3 is 4.57 Å². The Kier molecular flexibility index (Phi) is 2.57. The highest BCUT2D eigenvalue weighted by Crippen LogP contribution is 2.30. The van der Waals surface area contributed by atoms with Crippen molar-refractivity contribution < 1.29 is 0 Å². The SMILES string of the molecule is CC(C)(C)c1cccc2c1ncn2C(C)(C)C. The number of para-hydroxylation sites is 1. The molecule has 0 saturated heterocycles. The fourth-order valence-corrected chi connectivity index (χ4v) is 2.18. The zero-order chi connectivity index (χ0) is 12.8. The molecule has 92 valence electrons. The lowest BCUT2D eigenvalue weighted by Gasteiger charge is -2.23. The lowest BCUT2D eigenvalue weighted by atomic mass is 9.86. The number of imidazole rings is 1. The summed E-state index contributed by atoms with van der Waals surface area (Å²) in [4.78, 5) is 4.61. The number of fused-ring (bicyclic) bond motifs is 1. The van der Waals surface area contributed by atoms with Crippen LogP contribution in [0.4, 0.5) is 0 Å². The van der Waals surface area contributed by atoms with Gasteiger partial charge in [-0.2, -0.15) is 0 Å². The van der Waals surface area contributed by atoms with Crippen molar-refractivity contribution in [3.8, 4) is 0 Å². The number of rotatable bonds is 0. The molecule has 1 aromatic carbocycles. The molecule has 0 radical (unpaired) electrons. The van der Waals surface area contributed by atoms with Gasteiger partial charge in [0, 0.05) is 5.54 Å². The summed E-state index contributed by atoms with van der Waals surface area (Å²) in [6, 6.07) is 6.47. The normalized spacial score (nSPS) is 13.3. The van der Waals surface area contributed by atoms with E-state index in [-0.39, 0.29) is 11.0 Å². The van der Waals surface area contributed by atoms with E-state index in [1.807, 2.05) is 6.33 Å². The molecule has 0 amide bonds. The third kappa shape index (κ3) is 2.08. The predicted octanol–water partition coefficient (Wildman–Crippen LogP) is 4.09. The number of aromatic nitrogens is 2. The molecule has 0 atom stereocenters. The molecule has 0 fully saturated rings. The summed E-state index contributed by atoms with van der Waals surface area (Å²) in [6.45, 7) is 13.3. The first kappa shape index (κ1) is 12.2. The summed E-state index contributed by atoms with van der Waals surface area (Å²) in [6.07, 6.45) is 1.96. The molecule has 2 heteroatoms.